The first-order valence-corrected chi connectivity index (χ1v) is 6.94. The first kappa shape index (κ1) is 16.2. The molecule has 21 heavy (non-hydrogen) atoms. The topological polar surface area (TPSA) is 20.3 Å². The zero-order valence-electron chi connectivity index (χ0n) is 10.7. The van der Waals surface area contributed by atoms with Crippen LogP contribution in [0.15, 0.2) is 22.7 Å². The largest absolute Gasteiger partial charge is 0.417 e. The van der Waals surface area contributed by atoms with Gasteiger partial charge in [-0.25, -0.2) is 8.78 Å². The second kappa shape index (κ2) is 5.55. The number of hydrogen-bond acceptors (Lipinski definition) is 1. The molecule has 2 rings (SSSR count). The van der Waals surface area contributed by atoms with Crippen molar-refractivity contribution in [3.05, 3.63) is 33.8 Å². The van der Waals surface area contributed by atoms with Crippen molar-refractivity contribution in [2.75, 3.05) is 13.1 Å². The summed E-state index contributed by atoms with van der Waals surface area (Å²) in [5.41, 5.74) is -1.60. The molecule has 1 saturated heterocycles. The molecular formula is C13H11BrF5NO. The van der Waals surface area contributed by atoms with Crippen LogP contribution < -0.4 is 0 Å². The Hall–Kier alpha value is -1.18. The van der Waals surface area contributed by atoms with Gasteiger partial charge in [0.2, 0.25) is 0 Å². The molecule has 8 heteroatoms. The van der Waals surface area contributed by atoms with Gasteiger partial charge in [0, 0.05) is 30.4 Å². The zero-order chi connectivity index (χ0) is 15.8. The van der Waals surface area contributed by atoms with Crippen molar-refractivity contribution in [2.24, 2.45) is 0 Å². The van der Waals surface area contributed by atoms with Crippen LogP contribution in [0.3, 0.4) is 0 Å². The maximum Gasteiger partial charge on any atom is 0.417 e. The number of hydrogen-bond donors (Lipinski definition) is 0. The van der Waals surface area contributed by atoms with Crippen molar-refractivity contribution in [1.29, 1.82) is 0 Å². The molecule has 0 radical (unpaired) electrons. The predicted octanol–water partition coefficient (Wildman–Crippen LogP) is 4.34. The highest BCUT2D eigenvalue weighted by Crippen LogP contribution is 2.36. The lowest BCUT2D eigenvalue weighted by atomic mass is 10.0. The van der Waals surface area contributed by atoms with Gasteiger partial charge in [-0.15, -0.1) is 0 Å². The third kappa shape index (κ3) is 3.53. The Morgan fingerprint density at radius 3 is 2.29 bits per heavy atom. The monoisotopic (exact) mass is 371 g/mol. The van der Waals surface area contributed by atoms with E-state index in [1.54, 1.807) is 0 Å². The van der Waals surface area contributed by atoms with Crippen LogP contribution in [0.25, 0.3) is 0 Å². The highest BCUT2D eigenvalue weighted by molar-refractivity contribution is 9.10. The average molecular weight is 372 g/mol. The van der Waals surface area contributed by atoms with Crippen molar-refractivity contribution in [3.8, 4) is 0 Å². The standard InChI is InChI=1S/C13H11BrF5NO/c14-9-3-1-2-8(13(17,18)19)10(9)11(21)20-6-4-12(15,16)5-7-20/h1-3H,4-7H2. The van der Waals surface area contributed by atoms with Gasteiger partial charge >= 0.3 is 6.18 Å². The number of nitrogens with zero attached hydrogens (tertiary/aromatic N) is 1. The minimum absolute atomic E-state index is 0.000316. The number of halogens is 6. The van der Waals surface area contributed by atoms with E-state index in [4.69, 9.17) is 0 Å². The fourth-order valence-electron chi connectivity index (χ4n) is 2.17. The smallest absolute Gasteiger partial charge is 0.338 e. The second-order valence-electron chi connectivity index (χ2n) is 4.81. The molecule has 116 valence electrons. The SMILES string of the molecule is O=C(c1c(Br)cccc1C(F)(F)F)N1CCC(F)(F)CC1. The average Bonchev–Trinajstić information content (AvgIpc) is 2.36. The van der Waals surface area contributed by atoms with E-state index in [2.05, 4.69) is 15.9 Å². The lowest BCUT2D eigenvalue weighted by Gasteiger charge is -2.32. The Kier molecular flexibility index (Phi) is 4.28. The normalized spacial score (nSPS) is 18.7. The minimum atomic E-state index is -4.69. The molecule has 0 N–H and O–H groups in total. The van der Waals surface area contributed by atoms with Crippen LogP contribution in [-0.2, 0) is 6.18 Å². The van der Waals surface area contributed by atoms with Crippen molar-refractivity contribution in [3.63, 3.8) is 0 Å². The van der Waals surface area contributed by atoms with Crippen molar-refractivity contribution >= 4 is 21.8 Å². The summed E-state index contributed by atoms with van der Waals surface area (Å²) in [6, 6.07) is 3.30. The molecule has 0 spiro atoms. The predicted molar refractivity (Wildman–Crippen MR) is 69.2 cm³/mol. The number of carbonyl (C=O) groups is 1. The molecule has 1 fully saturated rings. The quantitative estimate of drug-likeness (QED) is 0.672. The van der Waals surface area contributed by atoms with E-state index in [0.717, 1.165) is 11.0 Å². The van der Waals surface area contributed by atoms with Gasteiger partial charge < -0.3 is 4.90 Å². The molecule has 0 saturated carbocycles. The molecule has 0 unspecified atom stereocenters. The summed E-state index contributed by atoms with van der Waals surface area (Å²) in [5, 5.41) is 0. The van der Waals surface area contributed by atoms with E-state index in [9.17, 15) is 26.7 Å². The Morgan fingerprint density at radius 1 is 1.19 bits per heavy atom. The molecular weight excluding hydrogens is 361 g/mol. The van der Waals surface area contributed by atoms with Crippen LogP contribution in [0.2, 0.25) is 0 Å². The molecule has 1 aromatic carbocycles. The van der Waals surface area contributed by atoms with Gasteiger partial charge in [0.25, 0.3) is 11.8 Å². The van der Waals surface area contributed by atoms with Crippen LogP contribution in [0.5, 0.6) is 0 Å². The number of rotatable bonds is 1. The molecule has 0 bridgehead atoms. The van der Waals surface area contributed by atoms with Crippen molar-refractivity contribution in [1.82, 2.24) is 4.90 Å². The zero-order valence-corrected chi connectivity index (χ0v) is 12.3. The maximum atomic E-state index is 13.1. The first-order chi connectivity index (χ1) is 9.62. The van der Waals surface area contributed by atoms with Crippen LogP contribution in [0.4, 0.5) is 22.0 Å². The Balaban J connectivity index is 2.32. The van der Waals surface area contributed by atoms with Crippen LogP contribution >= 0.6 is 15.9 Å². The fourth-order valence-corrected chi connectivity index (χ4v) is 2.71. The van der Waals surface area contributed by atoms with Crippen LogP contribution in [-0.4, -0.2) is 29.8 Å². The molecule has 1 heterocycles. The molecule has 0 aliphatic carbocycles. The van der Waals surface area contributed by atoms with E-state index in [-0.39, 0.29) is 17.6 Å². The van der Waals surface area contributed by atoms with Gasteiger partial charge in [0.05, 0.1) is 11.1 Å². The Labute approximate surface area is 126 Å². The number of likely N-dealkylation sites (tertiary alicyclic amines) is 1. The van der Waals surface area contributed by atoms with Crippen molar-refractivity contribution in [2.45, 2.75) is 24.9 Å². The Morgan fingerprint density at radius 2 is 1.76 bits per heavy atom. The van der Waals surface area contributed by atoms with Gasteiger partial charge in [-0.05, 0) is 28.1 Å². The minimum Gasteiger partial charge on any atom is -0.338 e. The Bertz CT molecular complexity index is 548. The molecule has 1 amide bonds. The second-order valence-corrected chi connectivity index (χ2v) is 5.66. The number of alkyl halides is 5. The molecule has 2 nitrogen and oxygen atoms in total. The van der Waals surface area contributed by atoms with Crippen LogP contribution in [0, 0.1) is 0 Å². The number of amides is 1. The van der Waals surface area contributed by atoms with Gasteiger partial charge in [0.1, 0.15) is 0 Å². The fraction of sp³-hybridized carbons (Fsp3) is 0.462. The molecule has 0 aromatic heterocycles. The molecule has 1 aromatic rings. The highest BCUT2D eigenvalue weighted by atomic mass is 79.9. The number of piperidine rings is 1. The summed E-state index contributed by atoms with van der Waals surface area (Å²) in [6.45, 7) is -0.519. The van der Waals surface area contributed by atoms with E-state index in [1.807, 2.05) is 0 Å². The maximum absolute atomic E-state index is 13.1. The first-order valence-electron chi connectivity index (χ1n) is 6.15. The van der Waals surface area contributed by atoms with Gasteiger partial charge in [-0.1, -0.05) is 6.07 Å². The van der Waals surface area contributed by atoms with Crippen LogP contribution in [0.1, 0.15) is 28.8 Å². The molecule has 1 aliphatic heterocycles. The van der Waals surface area contributed by atoms with Crippen molar-refractivity contribution < 1.29 is 26.7 Å². The molecule has 1 aliphatic rings. The lowest BCUT2D eigenvalue weighted by Crippen LogP contribution is -2.43. The molecule has 0 atom stereocenters. The van der Waals surface area contributed by atoms with E-state index >= 15 is 0 Å². The number of carbonyl (C=O) groups excluding carboxylic acids is 1. The van der Waals surface area contributed by atoms with E-state index in [0.29, 0.717) is 0 Å². The third-order valence-corrected chi connectivity index (χ3v) is 3.98. The summed E-state index contributed by atoms with van der Waals surface area (Å²) < 4.78 is 65.0. The van der Waals surface area contributed by atoms with E-state index < -0.39 is 42.0 Å². The lowest BCUT2D eigenvalue weighted by molar-refractivity contribution is -0.138. The summed E-state index contributed by atoms with van der Waals surface area (Å²) in [5.74, 6) is -3.75. The van der Waals surface area contributed by atoms with Gasteiger partial charge in [-0.2, -0.15) is 13.2 Å². The third-order valence-electron chi connectivity index (χ3n) is 3.32. The summed E-state index contributed by atoms with van der Waals surface area (Å²) in [6.07, 6.45) is -5.76. The summed E-state index contributed by atoms with van der Waals surface area (Å²) >= 11 is 2.93. The highest BCUT2D eigenvalue weighted by Gasteiger charge is 2.40. The summed E-state index contributed by atoms with van der Waals surface area (Å²) in [7, 11) is 0. The van der Waals surface area contributed by atoms with Gasteiger partial charge in [0.15, 0.2) is 0 Å². The van der Waals surface area contributed by atoms with Gasteiger partial charge in [-0.3, -0.25) is 4.79 Å². The van der Waals surface area contributed by atoms with E-state index in [1.165, 1.54) is 12.1 Å². The number of benzene rings is 1. The summed E-state index contributed by atoms with van der Waals surface area (Å²) in [4.78, 5) is 13.3.